The zero-order valence-corrected chi connectivity index (χ0v) is 16.1. The normalized spacial score (nSPS) is 19.2. The third-order valence-electron chi connectivity index (χ3n) is 5.00. The fourth-order valence-corrected chi connectivity index (χ4v) is 3.83. The van der Waals surface area contributed by atoms with Crippen LogP contribution in [0.4, 0.5) is 0 Å². The number of ether oxygens (including phenoxy) is 1. The number of aryl methyl sites for hydroxylation is 1. The second-order valence-electron chi connectivity index (χ2n) is 7.05. The van der Waals surface area contributed by atoms with Crippen molar-refractivity contribution < 1.29 is 9.53 Å². The summed E-state index contributed by atoms with van der Waals surface area (Å²) in [4.78, 5) is 12.5. The standard InChI is InChI=1S/C22H22N2O2S/c1-14-8-10-15(11-9-14)13-26-17-5-2-4-16(12-17)21-20-18(23-22(27)24-21)6-3-7-19(20)25/h2,4-5,8-12,21H,3,6-7,13H2,1H3,(H2,23,24,27). The van der Waals surface area contributed by atoms with Gasteiger partial charge in [-0.15, -0.1) is 0 Å². The molecule has 2 aromatic carbocycles. The Kier molecular flexibility index (Phi) is 4.94. The quantitative estimate of drug-likeness (QED) is 0.785. The molecule has 0 bridgehead atoms. The van der Waals surface area contributed by atoms with E-state index in [1.807, 2.05) is 24.3 Å². The van der Waals surface area contributed by atoms with Gasteiger partial charge in [-0.25, -0.2) is 0 Å². The Morgan fingerprint density at radius 2 is 1.96 bits per heavy atom. The summed E-state index contributed by atoms with van der Waals surface area (Å²) < 4.78 is 5.98. The number of nitrogens with one attached hydrogen (secondary N) is 2. The van der Waals surface area contributed by atoms with E-state index in [2.05, 4.69) is 41.8 Å². The van der Waals surface area contributed by atoms with Crippen LogP contribution in [0.5, 0.6) is 5.75 Å². The highest BCUT2D eigenvalue weighted by molar-refractivity contribution is 7.80. The van der Waals surface area contributed by atoms with Crippen LogP contribution in [-0.4, -0.2) is 10.9 Å². The van der Waals surface area contributed by atoms with Crippen LogP contribution >= 0.6 is 12.2 Å². The molecule has 1 atom stereocenters. The van der Waals surface area contributed by atoms with Crippen molar-refractivity contribution in [3.63, 3.8) is 0 Å². The van der Waals surface area contributed by atoms with E-state index >= 15 is 0 Å². The number of carbonyl (C=O) groups is 1. The molecule has 0 radical (unpaired) electrons. The Hall–Kier alpha value is -2.66. The van der Waals surface area contributed by atoms with Crippen LogP contribution in [0, 0.1) is 6.92 Å². The maximum absolute atomic E-state index is 12.5. The number of Topliss-reactive ketones (excluding diaryl/α,β-unsaturated/α-hetero) is 1. The lowest BCUT2D eigenvalue weighted by molar-refractivity contribution is -0.116. The topological polar surface area (TPSA) is 50.4 Å². The molecule has 1 aliphatic heterocycles. The van der Waals surface area contributed by atoms with Crippen LogP contribution in [0.3, 0.4) is 0 Å². The summed E-state index contributed by atoms with van der Waals surface area (Å²) in [7, 11) is 0. The predicted octanol–water partition coefficient (Wildman–Crippen LogP) is 4.10. The second-order valence-corrected chi connectivity index (χ2v) is 7.46. The molecule has 0 aromatic heterocycles. The molecule has 2 aliphatic rings. The molecular formula is C22H22N2O2S. The van der Waals surface area contributed by atoms with Crippen LogP contribution < -0.4 is 15.4 Å². The molecule has 138 valence electrons. The molecule has 1 unspecified atom stereocenters. The molecule has 5 heteroatoms. The SMILES string of the molecule is Cc1ccc(COc2cccc(C3NC(=S)NC4=C3C(=O)CCC4)c2)cc1. The molecule has 2 aromatic rings. The Labute approximate surface area is 164 Å². The number of benzene rings is 2. The summed E-state index contributed by atoms with van der Waals surface area (Å²) >= 11 is 5.35. The van der Waals surface area contributed by atoms with Crippen molar-refractivity contribution in [2.45, 2.75) is 38.8 Å². The lowest BCUT2D eigenvalue weighted by atomic mass is 9.85. The summed E-state index contributed by atoms with van der Waals surface area (Å²) in [5, 5.41) is 6.99. The van der Waals surface area contributed by atoms with Crippen molar-refractivity contribution in [1.29, 1.82) is 0 Å². The number of hydrogen-bond acceptors (Lipinski definition) is 3. The molecule has 27 heavy (non-hydrogen) atoms. The minimum atomic E-state index is -0.218. The average molecular weight is 378 g/mol. The van der Waals surface area contributed by atoms with Crippen molar-refractivity contribution in [2.24, 2.45) is 0 Å². The van der Waals surface area contributed by atoms with Gasteiger partial charge in [0.25, 0.3) is 0 Å². The van der Waals surface area contributed by atoms with Gasteiger partial charge in [-0.1, -0.05) is 42.0 Å². The number of rotatable bonds is 4. The third kappa shape index (κ3) is 3.88. The fourth-order valence-electron chi connectivity index (χ4n) is 3.59. The van der Waals surface area contributed by atoms with Gasteiger partial charge in [0.05, 0.1) is 6.04 Å². The van der Waals surface area contributed by atoms with Gasteiger partial charge in [-0.05, 0) is 55.2 Å². The maximum Gasteiger partial charge on any atom is 0.171 e. The summed E-state index contributed by atoms with van der Waals surface area (Å²) in [6, 6.07) is 16.0. The van der Waals surface area contributed by atoms with E-state index in [9.17, 15) is 4.79 Å². The second kappa shape index (κ2) is 7.53. The molecule has 0 saturated carbocycles. The third-order valence-corrected chi connectivity index (χ3v) is 5.22. The summed E-state index contributed by atoms with van der Waals surface area (Å²) in [5.41, 5.74) is 5.12. The minimum absolute atomic E-state index is 0.190. The van der Waals surface area contributed by atoms with Crippen LogP contribution in [0.1, 0.15) is 42.0 Å². The number of allylic oxidation sites excluding steroid dienone is 1. The number of carbonyl (C=O) groups excluding carboxylic acids is 1. The van der Waals surface area contributed by atoms with Gasteiger partial charge in [0, 0.05) is 17.7 Å². The predicted molar refractivity (Wildman–Crippen MR) is 109 cm³/mol. The van der Waals surface area contributed by atoms with E-state index in [-0.39, 0.29) is 11.8 Å². The van der Waals surface area contributed by atoms with E-state index in [1.54, 1.807) is 0 Å². The Bertz CT molecular complexity index is 918. The van der Waals surface area contributed by atoms with Crippen LogP contribution in [0.2, 0.25) is 0 Å². The molecule has 0 saturated heterocycles. The molecule has 1 heterocycles. The molecule has 4 nitrogen and oxygen atoms in total. The first kappa shape index (κ1) is 17.7. The first-order chi connectivity index (χ1) is 13.1. The average Bonchev–Trinajstić information content (AvgIpc) is 2.67. The fraction of sp³-hybridized carbons (Fsp3) is 0.273. The van der Waals surface area contributed by atoms with Gasteiger partial charge in [0.15, 0.2) is 10.9 Å². The Morgan fingerprint density at radius 1 is 1.15 bits per heavy atom. The zero-order valence-electron chi connectivity index (χ0n) is 15.2. The highest BCUT2D eigenvalue weighted by atomic mass is 32.1. The highest BCUT2D eigenvalue weighted by Crippen LogP contribution is 2.34. The Morgan fingerprint density at radius 3 is 2.78 bits per heavy atom. The van der Waals surface area contributed by atoms with Crippen LogP contribution in [0.25, 0.3) is 0 Å². The van der Waals surface area contributed by atoms with Gasteiger partial charge in [0.2, 0.25) is 0 Å². The molecule has 2 N–H and O–H groups in total. The van der Waals surface area contributed by atoms with Gasteiger partial charge in [-0.3, -0.25) is 4.79 Å². The van der Waals surface area contributed by atoms with Gasteiger partial charge < -0.3 is 15.4 Å². The van der Waals surface area contributed by atoms with Gasteiger partial charge in [0.1, 0.15) is 12.4 Å². The number of thiocarbonyl (C=S) groups is 1. The van der Waals surface area contributed by atoms with Crippen molar-refractivity contribution in [2.75, 3.05) is 0 Å². The first-order valence-electron chi connectivity index (χ1n) is 9.22. The van der Waals surface area contributed by atoms with Crippen molar-refractivity contribution in [3.8, 4) is 5.75 Å². The number of ketones is 1. The first-order valence-corrected chi connectivity index (χ1v) is 9.63. The van der Waals surface area contributed by atoms with Crippen molar-refractivity contribution >= 4 is 23.1 Å². The van der Waals surface area contributed by atoms with Gasteiger partial charge >= 0.3 is 0 Å². The van der Waals surface area contributed by atoms with E-state index in [0.29, 0.717) is 18.1 Å². The summed E-state index contributed by atoms with van der Waals surface area (Å²) in [6.07, 6.45) is 2.33. The van der Waals surface area contributed by atoms with E-state index in [0.717, 1.165) is 41.0 Å². The van der Waals surface area contributed by atoms with E-state index < -0.39 is 0 Å². The number of hydrogen-bond donors (Lipinski definition) is 2. The van der Waals surface area contributed by atoms with Crippen molar-refractivity contribution in [3.05, 3.63) is 76.5 Å². The van der Waals surface area contributed by atoms with E-state index in [1.165, 1.54) is 5.56 Å². The lowest BCUT2D eigenvalue weighted by Crippen LogP contribution is -2.46. The summed E-state index contributed by atoms with van der Waals surface area (Å²) in [6.45, 7) is 2.58. The maximum atomic E-state index is 12.5. The minimum Gasteiger partial charge on any atom is -0.489 e. The molecule has 0 spiro atoms. The Balaban J connectivity index is 1.57. The van der Waals surface area contributed by atoms with Crippen molar-refractivity contribution in [1.82, 2.24) is 10.6 Å². The largest absolute Gasteiger partial charge is 0.489 e. The van der Waals surface area contributed by atoms with Crippen LogP contribution in [-0.2, 0) is 11.4 Å². The highest BCUT2D eigenvalue weighted by Gasteiger charge is 2.33. The van der Waals surface area contributed by atoms with E-state index in [4.69, 9.17) is 17.0 Å². The lowest BCUT2D eigenvalue weighted by Gasteiger charge is -2.33. The molecule has 0 fully saturated rings. The summed E-state index contributed by atoms with van der Waals surface area (Å²) in [5.74, 6) is 0.972. The smallest absolute Gasteiger partial charge is 0.171 e. The van der Waals surface area contributed by atoms with Gasteiger partial charge in [-0.2, -0.15) is 0 Å². The monoisotopic (exact) mass is 378 g/mol. The molecule has 4 rings (SSSR count). The zero-order chi connectivity index (χ0) is 18.8. The molecule has 0 amide bonds. The molecular weight excluding hydrogens is 356 g/mol. The van der Waals surface area contributed by atoms with Crippen LogP contribution in [0.15, 0.2) is 59.8 Å². The molecule has 1 aliphatic carbocycles.